The van der Waals surface area contributed by atoms with Crippen LogP contribution in [0.3, 0.4) is 0 Å². The van der Waals surface area contributed by atoms with E-state index in [1.807, 2.05) is 45.2 Å². The number of phenolic OH excluding ortho intramolecular Hbond substituents is 2. The fraction of sp³-hybridized carbons (Fsp3) is 0.273. The lowest BCUT2D eigenvalue weighted by Crippen LogP contribution is -2.41. The molecule has 196 valence electrons. The van der Waals surface area contributed by atoms with Gasteiger partial charge in [-0.15, -0.1) is 0 Å². The third kappa shape index (κ3) is 10.8. The van der Waals surface area contributed by atoms with Gasteiger partial charge in [0.05, 0.1) is 16.1 Å². The van der Waals surface area contributed by atoms with Crippen LogP contribution in [-0.4, -0.2) is 56.3 Å². The molecule has 6 N–H and O–H groups in total. The van der Waals surface area contributed by atoms with Crippen molar-refractivity contribution in [3.05, 3.63) is 51.5 Å². The van der Waals surface area contributed by atoms with Crippen LogP contribution in [0.25, 0.3) is 0 Å². The van der Waals surface area contributed by atoms with E-state index in [1.165, 1.54) is 13.8 Å². The molecule has 0 unspecified atom stereocenters. The molecule has 10 nitrogen and oxygen atoms in total. The molecule has 2 amide bonds. The van der Waals surface area contributed by atoms with Crippen molar-refractivity contribution in [1.82, 2.24) is 10.6 Å². The van der Waals surface area contributed by atoms with E-state index in [-0.39, 0.29) is 30.2 Å². The van der Waals surface area contributed by atoms with Gasteiger partial charge in [-0.25, -0.2) is 9.59 Å². The zero-order valence-electron chi connectivity index (χ0n) is 18.8. The number of phenols is 2. The number of nitrogens with one attached hydrogen (secondary N) is 2. The minimum Gasteiger partial charge on any atom is -0.506 e. The first kappa shape index (κ1) is 32.4. The van der Waals surface area contributed by atoms with Crippen molar-refractivity contribution in [3.8, 4) is 11.5 Å². The normalized spacial score (nSPS) is 11.9. The molecule has 0 bridgehead atoms. The summed E-state index contributed by atoms with van der Waals surface area (Å²) >= 11 is 10.3. The third-order valence-electron chi connectivity index (χ3n) is 4.38. The van der Waals surface area contributed by atoms with E-state index >= 15 is 0 Å². The Balaban J connectivity index is 0.000000360. The molecule has 0 spiro atoms. The maximum absolute atomic E-state index is 11.0. The van der Waals surface area contributed by atoms with Crippen LogP contribution in [0.5, 0.6) is 11.5 Å². The topological polar surface area (TPSA) is 173 Å². The molecule has 2 aromatic rings. The Morgan fingerprint density at radius 2 is 1.08 bits per heavy atom. The Bertz CT molecular complexity index is 1030. The number of hydrogen-bond acceptors (Lipinski definition) is 6. The summed E-state index contributed by atoms with van der Waals surface area (Å²) in [6, 6.07) is 4.67. The molecule has 2 rings (SSSR count). The van der Waals surface area contributed by atoms with Crippen molar-refractivity contribution in [3.63, 3.8) is 0 Å². The molecular formula is C22H22Br2I2N2O8. The molecule has 0 aliphatic carbocycles. The zero-order valence-corrected chi connectivity index (χ0v) is 26.3. The molecule has 0 saturated heterocycles. The van der Waals surface area contributed by atoms with Gasteiger partial charge in [-0.2, -0.15) is 0 Å². The molecule has 0 heterocycles. The van der Waals surface area contributed by atoms with E-state index < -0.39 is 29.9 Å². The van der Waals surface area contributed by atoms with Gasteiger partial charge in [-0.3, -0.25) is 9.59 Å². The highest BCUT2D eigenvalue weighted by Crippen LogP contribution is 2.33. The number of carboxylic acids is 2. The van der Waals surface area contributed by atoms with Gasteiger partial charge in [-0.05, 0) is 112 Å². The molecule has 0 aromatic heterocycles. The Morgan fingerprint density at radius 3 is 1.39 bits per heavy atom. The van der Waals surface area contributed by atoms with E-state index in [1.54, 1.807) is 24.3 Å². The lowest BCUT2D eigenvalue weighted by molar-refractivity contribution is -0.141. The van der Waals surface area contributed by atoms with E-state index in [2.05, 4.69) is 42.5 Å². The molecule has 0 aliphatic rings. The smallest absolute Gasteiger partial charge is 0.326 e. The SMILES string of the molecule is CC(=O)N[C@@H](Cc1cc(Br)c(O)c(Br)c1)C(=O)O.CC(=O)N[C@@H](Cc1cc(I)c(O)c(I)c1)C(=O)O. The Labute approximate surface area is 250 Å². The number of hydrogen-bond donors (Lipinski definition) is 6. The van der Waals surface area contributed by atoms with E-state index in [4.69, 9.17) is 10.2 Å². The van der Waals surface area contributed by atoms with E-state index in [0.29, 0.717) is 21.6 Å². The molecular weight excluding hydrogens is 834 g/mol. The van der Waals surface area contributed by atoms with Crippen molar-refractivity contribution in [1.29, 1.82) is 0 Å². The van der Waals surface area contributed by atoms with Crippen LogP contribution in [0.15, 0.2) is 33.2 Å². The number of amides is 2. The fourth-order valence-corrected chi connectivity index (χ4v) is 6.01. The summed E-state index contributed by atoms with van der Waals surface area (Å²) in [5, 5.41) is 41.9. The Hall–Kier alpha value is -1.66. The van der Waals surface area contributed by atoms with Gasteiger partial charge in [0.1, 0.15) is 23.6 Å². The Morgan fingerprint density at radius 1 is 0.750 bits per heavy atom. The van der Waals surface area contributed by atoms with Crippen LogP contribution >= 0.6 is 77.0 Å². The molecule has 0 aliphatic heterocycles. The molecule has 14 heteroatoms. The summed E-state index contributed by atoms with van der Waals surface area (Å²) in [6.07, 6.45) is 0.313. The molecule has 0 fully saturated rings. The maximum atomic E-state index is 11.0. The minimum absolute atomic E-state index is 0.0464. The highest BCUT2D eigenvalue weighted by atomic mass is 127. The second-order valence-corrected chi connectivity index (χ2v) is 11.4. The van der Waals surface area contributed by atoms with Crippen LogP contribution in [0, 0.1) is 7.14 Å². The number of benzene rings is 2. The summed E-state index contributed by atoms with van der Waals surface area (Å²) in [5.74, 6) is -2.74. The summed E-state index contributed by atoms with van der Waals surface area (Å²) in [6.45, 7) is 2.54. The number of aliphatic carboxylic acids is 2. The van der Waals surface area contributed by atoms with Crippen LogP contribution < -0.4 is 10.6 Å². The highest BCUT2D eigenvalue weighted by Gasteiger charge is 2.21. The summed E-state index contributed by atoms with van der Waals surface area (Å²) in [7, 11) is 0. The van der Waals surface area contributed by atoms with Crippen LogP contribution in [0.2, 0.25) is 0 Å². The largest absolute Gasteiger partial charge is 0.506 e. The average Bonchev–Trinajstić information content (AvgIpc) is 2.74. The predicted molar refractivity (Wildman–Crippen MR) is 155 cm³/mol. The molecule has 2 atom stereocenters. The molecule has 0 radical (unpaired) electrons. The first-order valence-corrected chi connectivity index (χ1v) is 13.7. The molecule has 36 heavy (non-hydrogen) atoms. The van der Waals surface area contributed by atoms with Gasteiger partial charge in [0.15, 0.2) is 0 Å². The molecule has 0 saturated carbocycles. The summed E-state index contributed by atoms with van der Waals surface area (Å²) in [5.41, 5.74) is 1.43. The third-order valence-corrected chi connectivity index (χ3v) is 7.24. The summed E-state index contributed by atoms with van der Waals surface area (Å²) < 4.78 is 2.22. The lowest BCUT2D eigenvalue weighted by atomic mass is 10.1. The highest BCUT2D eigenvalue weighted by molar-refractivity contribution is 14.1. The van der Waals surface area contributed by atoms with Gasteiger partial charge in [-0.1, -0.05) is 0 Å². The monoisotopic (exact) mass is 854 g/mol. The van der Waals surface area contributed by atoms with Crippen LogP contribution in [0.1, 0.15) is 25.0 Å². The van der Waals surface area contributed by atoms with E-state index in [9.17, 15) is 29.4 Å². The lowest BCUT2D eigenvalue weighted by Gasteiger charge is -2.14. The van der Waals surface area contributed by atoms with Crippen molar-refractivity contribution < 1.29 is 39.6 Å². The first-order valence-electron chi connectivity index (χ1n) is 9.95. The number of rotatable bonds is 8. The van der Waals surface area contributed by atoms with Crippen molar-refractivity contribution in [2.24, 2.45) is 0 Å². The quantitative estimate of drug-likeness (QED) is 0.218. The second kappa shape index (κ2) is 14.9. The Kier molecular flexibility index (Phi) is 13.4. The van der Waals surface area contributed by atoms with Gasteiger partial charge in [0, 0.05) is 26.7 Å². The van der Waals surface area contributed by atoms with Crippen LogP contribution in [0.4, 0.5) is 0 Å². The second-order valence-electron chi connectivity index (χ2n) is 7.41. The molecule has 2 aromatic carbocycles. The van der Waals surface area contributed by atoms with Crippen LogP contribution in [-0.2, 0) is 32.0 Å². The van der Waals surface area contributed by atoms with Crippen molar-refractivity contribution in [2.75, 3.05) is 0 Å². The predicted octanol–water partition coefficient (Wildman–Crippen LogP) is 3.78. The number of carbonyl (C=O) groups excluding carboxylic acids is 2. The number of halogens is 4. The number of carbonyl (C=O) groups is 4. The average molecular weight is 856 g/mol. The minimum atomic E-state index is -1.11. The van der Waals surface area contributed by atoms with Gasteiger partial charge >= 0.3 is 11.9 Å². The van der Waals surface area contributed by atoms with Gasteiger partial charge in [0.25, 0.3) is 0 Å². The van der Waals surface area contributed by atoms with E-state index in [0.717, 1.165) is 5.56 Å². The fourth-order valence-electron chi connectivity index (χ4n) is 2.83. The summed E-state index contributed by atoms with van der Waals surface area (Å²) in [4.78, 5) is 43.8. The zero-order chi connectivity index (χ0) is 27.7. The van der Waals surface area contributed by atoms with Crippen molar-refractivity contribution >= 4 is 101 Å². The van der Waals surface area contributed by atoms with Gasteiger partial charge in [0.2, 0.25) is 11.8 Å². The number of carboxylic acid groups (broad SMARTS) is 2. The first-order chi connectivity index (χ1) is 16.6. The maximum Gasteiger partial charge on any atom is 0.326 e. The number of aromatic hydroxyl groups is 2. The standard InChI is InChI=1S/C11H11Br2NO4.C11H11I2NO4/c2*1-5(15)14-9(11(17)18)4-6-2-7(12)10(16)8(13)3-6/h2*2-3,9,16H,4H2,1H3,(H,14,15)(H,17,18)/t2*9-/m00/s1. The van der Waals surface area contributed by atoms with Crippen molar-refractivity contribution in [2.45, 2.75) is 38.8 Å². The van der Waals surface area contributed by atoms with Gasteiger partial charge < -0.3 is 31.1 Å².